The van der Waals surface area contributed by atoms with Crippen molar-refractivity contribution in [1.29, 1.82) is 0 Å². The van der Waals surface area contributed by atoms with Crippen molar-refractivity contribution >= 4 is 5.78 Å². The van der Waals surface area contributed by atoms with Gasteiger partial charge in [-0.15, -0.1) is 0 Å². The van der Waals surface area contributed by atoms with E-state index >= 15 is 0 Å². The fourth-order valence-corrected chi connectivity index (χ4v) is 2.39. The average Bonchev–Trinajstić information content (AvgIpc) is 2.73. The van der Waals surface area contributed by atoms with Gasteiger partial charge < -0.3 is 9.47 Å². The summed E-state index contributed by atoms with van der Waals surface area (Å²) in [5.74, 6) is 0.232. The van der Waals surface area contributed by atoms with Crippen LogP contribution in [0.4, 0.5) is 0 Å². The van der Waals surface area contributed by atoms with Gasteiger partial charge >= 0.3 is 0 Å². The lowest BCUT2D eigenvalue weighted by Gasteiger charge is -2.31. The third-order valence-electron chi connectivity index (χ3n) is 3.14. The summed E-state index contributed by atoms with van der Waals surface area (Å²) in [5.41, 5.74) is 0. The van der Waals surface area contributed by atoms with E-state index in [1.165, 1.54) is 0 Å². The van der Waals surface area contributed by atoms with E-state index in [2.05, 4.69) is 6.92 Å². The third-order valence-corrected chi connectivity index (χ3v) is 3.14. The number of carbonyl (C=O) groups is 1. The zero-order valence-electron chi connectivity index (χ0n) is 8.04. The first kappa shape index (κ1) is 9.16. The van der Waals surface area contributed by atoms with Crippen molar-refractivity contribution in [3.63, 3.8) is 0 Å². The van der Waals surface area contributed by atoms with Crippen molar-refractivity contribution in [2.24, 2.45) is 5.92 Å². The SMILES string of the molecule is CCC1(C2CCC(=O)C2)OCCO1. The molecule has 1 heterocycles. The Bertz CT molecular complexity index is 206. The van der Waals surface area contributed by atoms with Crippen molar-refractivity contribution in [2.45, 2.75) is 38.4 Å². The molecule has 0 aromatic carbocycles. The van der Waals surface area contributed by atoms with Crippen LogP contribution in [0, 0.1) is 5.92 Å². The van der Waals surface area contributed by atoms with Gasteiger partial charge in [-0.3, -0.25) is 4.79 Å². The highest BCUT2D eigenvalue weighted by Gasteiger charge is 2.45. The maximum Gasteiger partial charge on any atom is 0.171 e. The van der Waals surface area contributed by atoms with E-state index in [-0.39, 0.29) is 0 Å². The summed E-state index contributed by atoms with van der Waals surface area (Å²) in [6.07, 6.45) is 3.14. The van der Waals surface area contributed by atoms with E-state index in [0.29, 0.717) is 37.8 Å². The van der Waals surface area contributed by atoms with Crippen molar-refractivity contribution in [3.05, 3.63) is 0 Å². The molecule has 0 amide bonds. The maximum absolute atomic E-state index is 11.2. The summed E-state index contributed by atoms with van der Waals surface area (Å²) in [6, 6.07) is 0. The zero-order valence-corrected chi connectivity index (χ0v) is 8.04. The highest BCUT2D eigenvalue weighted by atomic mass is 16.7. The Morgan fingerprint density at radius 2 is 2.15 bits per heavy atom. The van der Waals surface area contributed by atoms with Gasteiger partial charge in [0.05, 0.1) is 13.2 Å². The van der Waals surface area contributed by atoms with E-state index in [9.17, 15) is 4.79 Å². The molecule has 74 valence electrons. The van der Waals surface area contributed by atoms with Gasteiger partial charge in [0.25, 0.3) is 0 Å². The molecule has 3 heteroatoms. The summed E-state index contributed by atoms with van der Waals surface area (Å²) in [7, 11) is 0. The lowest BCUT2D eigenvalue weighted by molar-refractivity contribution is -0.196. The lowest BCUT2D eigenvalue weighted by atomic mass is 9.94. The van der Waals surface area contributed by atoms with Crippen molar-refractivity contribution < 1.29 is 14.3 Å². The molecule has 2 rings (SSSR count). The molecular weight excluding hydrogens is 168 g/mol. The average molecular weight is 184 g/mol. The Morgan fingerprint density at radius 1 is 1.46 bits per heavy atom. The summed E-state index contributed by atoms with van der Waals surface area (Å²) < 4.78 is 11.3. The molecule has 0 bridgehead atoms. The molecule has 1 unspecified atom stereocenters. The second kappa shape index (κ2) is 3.39. The van der Waals surface area contributed by atoms with Crippen LogP contribution in [0.5, 0.6) is 0 Å². The van der Waals surface area contributed by atoms with Crippen molar-refractivity contribution in [2.75, 3.05) is 13.2 Å². The smallest absolute Gasteiger partial charge is 0.171 e. The van der Waals surface area contributed by atoms with Gasteiger partial charge in [0.1, 0.15) is 5.78 Å². The quantitative estimate of drug-likeness (QED) is 0.652. The van der Waals surface area contributed by atoms with Crippen LogP contribution >= 0.6 is 0 Å². The molecule has 13 heavy (non-hydrogen) atoms. The second-order valence-electron chi connectivity index (χ2n) is 3.84. The first-order valence-corrected chi connectivity index (χ1v) is 5.06. The Hall–Kier alpha value is -0.410. The summed E-state index contributed by atoms with van der Waals surface area (Å²) in [4.78, 5) is 11.2. The molecule has 0 aromatic heterocycles. The Balaban J connectivity index is 2.07. The standard InChI is InChI=1S/C10H16O3/c1-2-10(12-5-6-13-10)8-3-4-9(11)7-8/h8H,2-7H2,1H3. The molecule has 2 aliphatic rings. The van der Waals surface area contributed by atoms with Crippen LogP contribution in [0.1, 0.15) is 32.6 Å². The monoisotopic (exact) mass is 184 g/mol. The van der Waals surface area contributed by atoms with E-state index < -0.39 is 5.79 Å². The van der Waals surface area contributed by atoms with Crippen LogP contribution in [-0.2, 0) is 14.3 Å². The zero-order chi connectivity index (χ0) is 9.31. The predicted molar refractivity (Wildman–Crippen MR) is 47.3 cm³/mol. The molecule has 0 spiro atoms. The minimum Gasteiger partial charge on any atom is -0.347 e. The second-order valence-corrected chi connectivity index (χ2v) is 3.84. The fraction of sp³-hybridized carbons (Fsp3) is 0.900. The molecule has 2 fully saturated rings. The molecule has 1 aliphatic heterocycles. The Labute approximate surface area is 78.4 Å². The minimum absolute atomic E-state index is 0.299. The largest absolute Gasteiger partial charge is 0.347 e. The number of carbonyl (C=O) groups excluding carboxylic acids is 1. The van der Waals surface area contributed by atoms with Gasteiger partial charge in [-0.2, -0.15) is 0 Å². The summed E-state index contributed by atoms with van der Waals surface area (Å²) in [5, 5.41) is 0. The number of Topliss-reactive ketones (excluding diaryl/α,β-unsaturated/α-hetero) is 1. The number of hydrogen-bond acceptors (Lipinski definition) is 3. The Kier molecular flexibility index (Phi) is 2.39. The van der Waals surface area contributed by atoms with Gasteiger partial charge in [-0.05, 0) is 12.8 Å². The number of hydrogen-bond donors (Lipinski definition) is 0. The van der Waals surface area contributed by atoms with Crippen LogP contribution in [0.15, 0.2) is 0 Å². The summed E-state index contributed by atoms with van der Waals surface area (Å²) in [6.45, 7) is 3.42. The number of ketones is 1. The van der Waals surface area contributed by atoms with E-state index in [1.807, 2.05) is 0 Å². The molecule has 1 atom stereocenters. The number of rotatable bonds is 2. The highest BCUT2D eigenvalue weighted by Crippen LogP contribution is 2.40. The van der Waals surface area contributed by atoms with Gasteiger partial charge in [-0.1, -0.05) is 6.92 Å². The molecule has 0 N–H and O–H groups in total. The molecule has 1 aliphatic carbocycles. The minimum atomic E-state index is -0.424. The Morgan fingerprint density at radius 3 is 2.62 bits per heavy atom. The first-order chi connectivity index (χ1) is 6.27. The van der Waals surface area contributed by atoms with E-state index in [1.54, 1.807) is 0 Å². The highest BCUT2D eigenvalue weighted by molar-refractivity contribution is 5.80. The summed E-state index contributed by atoms with van der Waals surface area (Å²) >= 11 is 0. The van der Waals surface area contributed by atoms with E-state index in [0.717, 1.165) is 12.8 Å². The van der Waals surface area contributed by atoms with Crippen LogP contribution in [-0.4, -0.2) is 24.8 Å². The van der Waals surface area contributed by atoms with Gasteiger partial charge in [0, 0.05) is 18.8 Å². The predicted octanol–water partition coefficient (Wildman–Crippen LogP) is 1.51. The van der Waals surface area contributed by atoms with Gasteiger partial charge in [0.2, 0.25) is 0 Å². The van der Waals surface area contributed by atoms with Crippen molar-refractivity contribution in [1.82, 2.24) is 0 Å². The fourth-order valence-electron chi connectivity index (χ4n) is 2.39. The maximum atomic E-state index is 11.2. The molecular formula is C10H16O3. The molecule has 1 saturated carbocycles. The molecule has 1 saturated heterocycles. The van der Waals surface area contributed by atoms with Crippen LogP contribution < -0.4 is 0 Å². The molecule has 0 radical (unpaired) electrons. The number of ether oxygens (including phenoxy) is 2. The topological polar surface area (TPSA) is 35.5 Å². The van der Waals surface area contributed by atoms with Crippen LogP contribution in [0.25, 0.3) is 0 Å². The normalized spacial score (nSPS) is 32.7. The first-order valence-electron chi connectivity index (χ1n) is 5.06. The molecule has 3 nitrogen and oxygen atoms in total. The third kappa shape index (κ3) is 1.51. The van der Waals surface area contributed by atoms with Crippen LogP contribution in [0.3, 0.4) is 0 Å². The van der Waals surface area contributed by atoms with E-state index in [4.69, 9.17) is 9.47 Å². The lowest BCUT2D eigenvalue weighted by Crippen LogP contribution is -2.37. The van der Waals surface area contributed by atoms with Gasteiger partial charge in [-0.25, -0.2) is 0 Å². The van der Waals surface area contributed by atoms with Crippen molar-refractivity contribution in [3.8, 4) is 0 Å². The van der Waals surface area contributed by atoms with Gasteiger partial charge in [0.15, 0.2) is 5.79 Å². The van der Waals surface area contributed by atoms with Crippen LogP contribution in [0.2, 0.25) is 0 Å². The molecule has 0 aromatic rings.